The minimum Gasteiger partial charge on any atom is -0.408 e. The van der Waals surface area contributed by atoms with E-state index in [1.54, 1.807) is 12.1 Å². The smallest absolute Gasteiger partial charge is 0.408 e. The third-order valence-electron chi connectivity index (χ3n) is 3.31. The number of hydrogen-bond donors (Lipinski definition) is 3. The molecule has 0 saturated carbocycles. The Hall–Kier alpha value is -2.40. The molecule has 21 heavy (non-hydrogen) atoms. The van der Waals surface area contributed by atoms with Gasteiger partial charge in [0.25, 0.3) is 0 Å². The normalized spacial score (nSPS) is 12.5. The van der Waals surface area contributed by atoms with Crippen LogP contribution >= 0.6 is 11.6 Å². The quantitative estimate of drug-likeness (QED) is 0.646. The second kappa shape index (κ2) is 5.18. The lowest BCUT2D eigenvalue weighted by Gasteiger charge is -2.17. The van der Waals surface area contributed by atoms with Crippen molar-refractivity contribution in [3.05, 3.63) is 57.5 Å². The molecular weight excluding hydrogens is 290 g/mol. The van der Waals surface area contributed by atoms with Gasteiger partial charge in [-0.05, 0) is 30.7 Å². The van der Waals surface area contributed by atoms with Crippen molar-refractivity contribution >= 4 is 34.1 Å². The maximum atomic E-state index is 11.2. The number of benzene rings is 2. The molecule has 0 saturated heterocycles. The van der Waals surface area contributed by atoms with Crippen LogP contribution in [0.25, 0.3) is 11.1 Å². The molecule has 1 unspecified atom stereocenters. The molecule has 3 rings (SSSR count). The van der Waals surface area contributed by atoms with Crippen molar-refractivity contribution in [3.63, 3.8) is 0 Å². The van der Waals surface area contributed by atoms with Gasteiger partial charge < -0.3 is 15.5 Å². The maximum Gasteiger partial charge on any atom is 0.417 e. The molecular formula is C15H14ClN3O2. The summed E-state index contributed by atoms with van der Waals surface area (Å²) in [7, 11) is 0. The first-order chi connectivity index (χ1) is 10.0. The summed E-state index contributed by atoms with van der Waals surface area (Å²) in [6.07, 6.45) is 0. The fourth-order valence-electron chi connectivity index (χ4n) is 2.23. The molecule has 0 fully saturated rings. The number of rotatable bonds is 3. The van der Waals surface area contributed by atoms with Crippen LogP contribution in [0.15, 0.2) is 45.6 Å². The zero-order valence-corrected chi connectivity index (χ0v) is 12.1. The largest absolute Gasteiger partial charge is 0.417 e. The zero-order chi connectivity index (χ0) is 15.0. The number of nitrogens with two attached hydrogens (primary N) is 1. The first kappa shape index (κ1) is 13.6. The van der Waals surface area contributed by atoms with Crippen molar-refractivity contribution in [2.75, 3.05) is 11.1 Å². The first-order valence-electron chi connectivity index (χ1n) is 6.47. The molecule has 1 aromatic heterocycles. The van der Waals surface area contributed by atoms with Gasteiger partial charge in [0.2, 0.25) is 0 Å². The van der Waals surface area contributed by atoms with E-state index in [0.29, 0.717) is 21.8 Å². The van der Waals surface area contributed by atoms with Gasteiger partial charge in [-0.2, -0.15) is 0 Å². The summed E-state index contributed by atoms with van der Waals surface area (Å²) in [5, 5.41) is 3.99. The lowest BCUT2D eigenvalue weighted by Crippen LogP contribution is -2.08. The fraction of sp³-hybridized carbons (Fsp3) is 0.133. The highest BCUT2D eigenvalue weighted by molar-refractivity contribution is 6.30. The fourth-order valence-corrected chi connectivity index (χ4v) is 2.43. The number of H-pyrrole nitrogens is 1. The third kappa shape index (κ3) is 2.73. The number of aromatic nitrogens is 1. The van der Waals surface area contributed by atoms with E-state index in [9.17, 15) is 4.79 Å². The van der Waals surface area contributed by atoms with E-state index in [4.69, 9.17) is 21.8 Å². The topological polar surface area (TPSA) is 84.0 Å². The van der Waals surface area contributed by atoms with E-state index in [-0.39, 0.29) is 6.04 Å². The third-order valence-corrected chi connectivity index (χ3v) is 3.55. The van der Waals surface area contributed by atoms with Gasteiger partial charge in [0.1, 0.15) is 0 Å². The standard InChI is InChI=1S/C15H14ClN3O2/c1-8(9-3-2-4-10(16)5-9)18-12-7-13-14(6-11(12)17)21-15(20)19-13/h2-8,18H,17H2,1H3,(H,19,20). The van der Waals surface area contributed by atoms with Crippen molar-refractivity contribution in [3.8, 4) is 0 Å². The SMILES string of the molecule is CC(Nc1cc2[nH]c(=O)oc2cc1N)c1cccc(Cl)c1. The van der Waals surface area contributed by atoms with Crippen LogP contribution < -0.4 is 16.8 Å². The number of aromatic amines is 1. The summed E-state index contributed by atoms with van der Waals surface area (Å²) in [5.74, 6) is -0.496. The van der Waals surface area contributed by atoms with Crippen LogP contribution in [-0.2, 0) is 0 Å². The Morgan fingerprint density at radius 1 is 1.33 bits per heavy atom. The Morgan fingerprint density at radius 3 is 2.90 bits per heavy atom. The van der Waals surface area contributed by atoms with Crippen LogP contribution in [0, 0.1) is 0 Å². The monoisotopic (exact) mass is 303 g/mol. The highest BCUT2D eigenvalue weighted by Crippen LogP contribution is 2.28. The summed E-state index contributed by atoms with van der Waals surface area (Å²) >= 11 is 6.00. The van der Waals surface area contributed by atoms with Crippen molar-refractivity contribution in [2.24, 2.45) is 0 Å². The van der Waals surface area contributed by atoms with Gasteiger partial charge >= 0.3 is 5.76 Å². The Labute approximate surface area is 125 Å². The van der Waals surface area contributed by atoms with Gasteiger partial charge in [0.15, 0.2) is 5.58 Å². The Bertz CT molecular complexity index is 853. The molecule has 3 aromatic rings. The molecule has 0 bridgehead atoms. The minimum atomic E-state index is -0.496. The maximum absolute atomic E-state index is 11.2. The number of nitrogen functional groups attached to an aromatic ring is 1. The summed E-state index contributed by atoms with van der Waals surface area (Å²) in [5.41, 5.74) is 9.32. The summed E-state index contributed by atoms with van der Waals surface area (Å²) < 4.78 is 4.97. The lowest BCUT2D eigenvalue weighted by atomic mass is 10.1. The molecule has 5 nitrogen and oxygen atoms in total. The van der Waals surface area contributed by atoms with Crippen LogP contribution in [-0.4, -0.2) is 4.98 Å². The van der Waals surface area contributed by atoms with E-state index in [2.05, 4.69) is 10.3 Å². The Kier molecular flexibility index (Phi) is 3.35. The summed E-state index contributed by atoms with van der Waals surface area (Å²) in [6.45, 7) is 2.01. The van der Waals surface area contributed by atoms with Crippen LogP contribution in [0.5, 0.6) is 0 Å². The summed E-state index contributed by atoms with van der Waals surface area (Å²) in [6, 6.07) is 11.0. The molecule has 0 amide bonds. The second-order valence-corrected chi connectivity index (χ2v) is 5.31. The van der Waals surface area contributed by atoms with Crippen molar-refractivity contribution in [1.29, 1.82) is 0 Å². The highest BCUT2D eigenvalue weighted by Gasteiger charge is 2.11. The predicted octanol–water partition coefficient (Wildman–Crippen LogP) is 3.53. The molecule has 108 valence electrons. The molecule has 0 radical (unpaired) electrons. The highest BCUT2D eigenvalue weighted by atomic mass is 35.5. The average molecular weight is 304 g/mol. The van der Waals surface area contributed by atoms with Gasteiger partial charge in [-0.1, -0.05) is 23.7 Å². The number of anilines is 2. The zero-order valence-electron chi connectivity index (χ0n) is 11.3. The number of hydrogen-bond acceptors (Lipinski definition) is 4. The molecule has 6 heteroatoms. The van der Waals surface area contributed by atoms with Gasteiger partial charge in [-0.3, -0.25) is 4.98 Å². The number of oxazole rings is 1. The van der Waals surface area contributed by atoms with E-state index < -0.39 is 5.76 Å². The second-order valence-electron chi connectivity index (χ2n) is 4.87. The van der Waals surface area contributed by atoms with E-state index in [1.165, 1.54) is 0 Å². The molecule has 2 aromatic carbocycles. The Balaban J connectivity index is 1.93. The molecule has 4 N–H and O–H groups in total. The average Bonchev–Trinajstić information content (AvgIpc) is 2.78. The van der Waals surface area contributed by atoms with E-state index in [1.807, 2.05) is 31.2 Å². The predicted molar refractivity (Wildman–Crippen MR) is 84.7 cm³/mol. The lowest BCUT2D eigenvalue weighted by molar-refractivity contribution is 0.555. The van der Waals surface area contributed by atoms with Crippen molar-refractivity contribution < 1.29 is 4.42 Å². The molecule has 0 aliphatic heterocycles. The number of halogens is 1. The van der Waals surface area contributed by atoms with Crippen LogP contribution in [0.2, 0.25) is 5.02 Å². The molecule has 0 aliphatic rings. The van der Waals surface area contributed by atoms with Gasteiger partial charge in [-0.15, -0.1) is 0 Å². The number of fused-ring (bicyclic) bond motifs is 1. The summed E-state index contributed by atoms with van der Waals surface area (Å²) in [4.78, 5) is 13.8. The van der Waals surface area contributed by atoms with Gasteiger partial charge in [0.05, 0.1) is 16.9 Å². The first-order valence-corrected chi connectivity index (χ1v) is 6.85. The van der Waals surface area contributed by atoms with Crippen molar-refractivity contribution in [1.82, 2.24) is 4.98 Å². The van der Waals surface area contributed by atoms with Crippen LogP contribution in [0.3, 0.4) is 0 Å². The molecule has 1 heterocycles. The van der Waals surface area contributed by atoms with Crippen LogP contribution in [0.1, 0.15) is 18.5 Å². The molecule has 0 aliphatic carbocycles. The van der Waals surface area contributed by atoms with E-state index >= 15 is 0 Å². The Morgan fingerprint density at radius 2 is 2.14 bits per heavy atom. The number of nitrogens with one attached hydrogen (secondary N) is 2. The van der Waals surface area contributed by atoms with Gasteiger partial charge in [0, 0.05) is 17.1 Å². The minimum absolute atomic E-state index is 0.0158. The van der Waals surface area contributed by atoms with E-state index in [0.717, 1.165) is 11.3 Å². The van der Waals surface area contributed by atoms with Gasteiger partial charge in [-0.25, -0.2) is 4.79 Å². The van der Waals surface area contributed by atoms with Crippen LogP contribution in [0.4, 0.5) is 11.4 Å². The molecule has 1 atom stereocenters. The molecule has 0 spiro atoms. The van der Waals surface area contributed by atoms with Crippen molar-refractivity contribution in [2.45, 2.75) is 13.0 Å².